The van der Waals surface area contributed by atoms with Crippen molar-refractivity contribution in [3.8, 4) is 0 Å². The molecular weight excluding hydrogens is 440 g/mol. The van der Waals surface area contributed by atoms with Gasteiger partial charge in [0, 0.05) is 48.0 Å². The molecule has 0 spiro atoms. The lowest BCUT2D eigenvalue weighted by atomic mass is 10.1. The molecule has 0 atom stereocenters. The number of amides is 2. The van der Waals surface area contributed by atoms with Crippen LogP contribution in [0.15, 0.2) is 40.4 Å². The topological polar surface area (TPSA) is 131 Å². The van der Waals surface area contributed by atoms with Crippen molar-refractivity contribution in [2.45, 2.75) is 42.8 Å². The molecule has 4 rings (SSSR count). The summed E-state index contributed by atoms with van der Waals surface area (Å²) in [5, 5.41) is 26.3. The number of carbonyl (C=O) groups excluding carboxylic acids is 1. The summed E-state index contributed by atoms with van der Waals surface area (Å²) < 4.78 is 0. The molecule has 11 heteroatoms. The van der Waals surface area contributed by atoms with Gasteiger partial charge < -0.3 is 26.0 Å². The maximum absolute atomic E-state index is 11.5. The van der Waals surface area contributed by atoms with Gasteiger partial charge in [0.1, 0.15) is 11.6 Å². The Balaban J connectivity index is 1.61. The molecule has 1 aliphatic rings. The van der Waals surface area contributed by atoms with Crippen molar-refractivity contribution in [1.82, 2.24) is 25.5 Å². The zero-order valence-electron chi connectivity index (χ0n) is 18.8. The van der Waals surface area contributed by atoms with Crippen LogP contribution in [0.4, 0.5) is 27.9 Å². The normalized spacial score (nSPS) is 14.2. The minimum atomic E-state index is -0.266. The summed E-state index contributed by atoms with van der Waals surface area (Å²) in [6.07, 6.45) is 1.17. The Morgan fingerprint density at radius 2 is 1.91 bits per heavy atom. The highest BCUT2D eigenvalue weighted by Gasteiger charge is 2.23. The van der Waals surface area contributed by atoms with Gasteiger partial charge in [-0.1, -0.05) is 0 Å². The fourth-order valence-corrected chi connectivity index (χ4v) is 4.30. The van der Waals surface area contributed by atoms with E-state index in [0.29, 0.717) is 35.3 Å². The Morgan fingerprint density at radius 1 is 1.18 bits per heavy atom. The largest absolute Gasteiger partial charge is 0.393 e. The van der Waals surface area contributed by atoms with Crippen molar-refractivity contribution < 1.29 is 9.90 Å². The molecule has 1 saturated heterocycles. The number of benzene rings is 1. The van der Waals surface area contributed by atoms with Gasteiger partial charge in [0.2, 0.25) is 0 Å². The van der Waals surface area contributed by atoms with Gasteiger partial charge in [-0.25, -0.2) is 14.8 Å². The highest BCUT2D eigenvalue weighted by atomic mass is 32.2. The van der Waals surface area contributed by atoms with Gasteiger partial charge in [-0.3, -0.25) is 5.10 Å². The van der Waals surface area contributed by atoms with E-state index >= 15 is 0 Å². The van der Waals surface area contributed by atoms with Gasteiger partial charge >= 0.3 is 6.03 Å². The molecule has 3 aromatic rings. The van der Waals surface area contributed by atoms with Gasteiger partial charge in [-0.15, -0.1) is 0 Å². The van der Waals surface area contributed by atoms with Crippen LogP contribution >= 0.6 is 11.8 Å². The molecular formula is C22H28N8O2S. The summed E-state index contributed by atoms with van der Waals surface area (Å²) in [7, 11) is 1.57. The summed E-state index contributed by atoms with van der Waals surface area (Å²) in [5.74, 6) is 2.24. The minimum absolute atomic E-state index is 0.260. The molecule has 0 radical (unpaired) electrons. The molecule has 174 valence electrons. The van der Waals surface area contributed by atoms with Gasteiger partial charge in [-0.05, 0) is 62.7 Å². The molecule has 3 heterocycles. The maximum Gasteiger partial charge on any atom is 0.318 e. The van der Waals surface area contributed by atoms with Crippen LogP contribution < -0.4 is 20.9 Å². The molecule has 0 saturated carbocycles. The molecule has 0 bridgehead atoms. The number of urea groups is 1. The molecule has 1 fully saturated rings. The second-order valence-electron chi connectivity index (χ2n) is 7.91. The third-order valence-electron chi connectivity index (χ3n) is 5.36. The molecule has 2 amide bonds. The SMILES string of the molecule is CNC(=O)Nc1ccc(Sc2nc(Nc3cc(C)[nH]n3)c(C)c(N3CCC(O)CC3)n2)cc1. The van der Waals surface area contributed by atoms with E-state index in [1.54, 1.807) is 7.05 Å². The zero-order valence-corrected chi connectivity index (χ0v) is 19.7. The summed E-state index contributed by atoms with van der Waals surface area (Å²) in [6.45, 7) is 5.42. The number of nitrogens with one attached hydrogen (secondary N) is 4. The monoisotopic (exact) mass is 468 g/mol. The number of H-pyrrole nitrogens is 1. The molecule has 1 aliphatic heterocycles. The molecule has 2 aromatic heterocycles. The number of aliphatic hydroxyl groups is 1. The van der Waals surface area contributed by atoms with E-state index in [4.69, 9.17) is 9.97 Å². The van der Waals surface area contributed by atoms with Crippen molar-refractivity contribution in [2.75, 3.05) is 35.7 Å². The number of aromatic nitrogens is 4. The summed E-state index contributed by atoms with van der Waals surface area (Å²) in [5.41, 5.74) is 2.59. The summed E-state index contributed by atoms with van der Waals surface area (Å²) in [6, 6.07) is 9.16. The number of hydrogen-bond donors (Lipinski definition) is 5. The Hall–Kier alpha value is -3.31. The van der Waals surface area contributed by atoms with E-state index in [1.807, 2.05) is 44.2 Å². The highest BCUT2D eigenvalue weighted by molar-refractivity contribution is 7.99. The van der Waals surface area contributed by atoms with Gasteiger partial charge in [0.15, 0.2) is 11.0 Å². The Bertz CT molecular complexity index is 1110. The van der Waals surface area contributed by atoms with E-state index in [2.05, 4.69) is 31.0 Å². The number of carbonyl (C=O) groups is 1. The van der Waals surface area contributed by atoms with Crippen molar-refractivity contribution in [2.24, 2.45) is 0 Å². The number of anilines is 4. The lowest BCUT2D eigenvalue weighted by Gasteiger charge is -2.32. The Kier molecular flexibility index (Phi) is 6.99. The van der Waals surface area contributed by atoms with Crippen molar-refractivity contribution >= 4 is 40.9 Å². The van der Waals surface area contributed by atoms with E-state index in [1.165, 1.54) is 11.8 Å². The van der Waals surface area contributed by atoms with E-state index in [-0.39, 0.29) is 12.1 Å². The highest BCUT2D eigenvalue weighted by Crippen LogP contribution is 2.33. The lowest BCUT2D eigenvalue weighted by Crippen LogP contribution is -2.37. The number of aliphatic hydroxyl groups excluding tert-OH is 1. The van der Waals surface area contributed by atoms with Crippen LogP contribution in [0.3, 0.4) is 0 Å². The fraction of sp³-hybridized carbons (Fsp3) is 0.364. The van der Waals surface area contributed by atoms with Crippen molar-refractivity contribution in [1.29, 1.82) is 0 Å². The minimum Gasteiger partial charge on any atom is -0.393 e. The van der Waals surface area contributed by atoms with E-state index < -0.39 is 0 Å². The smallest absolute Gasteiger partial charge is 0.318 e. The standard InChI is InChI=1S/C22H28N8O2S/c1-13-12-18(29-28-13)25-19-14(2)20(30-10-8-16(31)9-11-30)27-22(26-19)33-17-6-4-15(5-7-17)24-21(32)23-3/h4-7,12,16,31H,8-11H2,1-3H3,(H2,23,24,32)(H2,25,26,27,28,29). The molecule has 5 N–H and O–H groups in total. The van der Waals surface area contributed by atoms with Gasteiger partial charge in [0.05, 0.1) is 6.10 Å². The van der Waals surface area contributed by atoms with Crippen LogP contribution in [-0.2, 0) is 0 Å². The lowest BCUT2D eigenvalue weighted by molar-refractivity contribution is 0.145. The Labute approximate surface area is 196 Å². The second kappa shape index (κ2) is 10.1. The van der Waals surface area contributed by atoms with Crippen LogP contribution in [0.25, 0.3) is 0 Å². The first-order valence-electron chi connectivity index (χ1n) is 10.8. The van der Waals surface area contributed by atoms with E-state index in [9.17, 15) is 9.90 Å². The van der Waals surface area contributed by atoms with Crippen molar-refractivity contribution in [3.63, 3.8) is 0 Å². The van der Waals surface area contributed by atoms with Crippen LogP contribution in [0.5, 0.6) is 0 Å². The number of nitrogens with zero attached hydrogens (tertiary/aromatic N) is 4. The Morgan fingerprint density at radius 3 is 2.55 bits per heavy atom. The number of rotatable bonds is 6. The quantitative estimate of drug-likeness (QED) is 0.348. The van der Waals surface area contributed by atoms with Crippen molar-refractivity contribution in [3.05, 3.63) is 41.6 Å². The number of piperidine rings is 1. The average Bonchev–Trinajstić information content (AvgIpc) is 3.22. The first-order valence-corrected chi connectivity index (χ1v) is 11.6. The van der Waals surface area contributed by atoms with Crippen LogP contribution in [0.1, 0.15) is 24.1 Å². The third kappa shape index (κ3) is 5.74. The molecule has 1 aromatic carbocycles. The first kappa shape index (κ1) is 22.9. The average molecular weight is 469 g/mol. The fourth-order valence-electron chi connectivity index (χ4n) is 3.55. The molecule has 0 aliphatic carbocycles. The molecule has 10 nitrogen and oxygen atoms in total. The third-order valence-corrected chi connectivity index (χ3v) is 6.24. The summed E-state index contributed by atoms with van der Waals surface area (Å²) >= 11 is 1.44. The predicted octanol–water partition coefficient (Wildman–Crippen LogP) is 3.42. The van der Waals surface area contributed by atoms with E-state index in [0.717, 1.165) is 35.1 Å². The number of aromatic amines is 1. The first-order chi connectivity index (χ1) is 15.9. The molecule has 33 heavy (non-hydrogen) atoms. The zero-order chi connectivity index (χ0) is 23.4. The summed E-state index contributed by atoms with van der Waals surface area (Å²) in [4.78, 5) is 24.3. The van der Waals surface area contributed by atoms with Crippen LogP contribution in [0.2, 0.25) is 0 Å². The predicted molar refractivity (Wildman–Crippen MR) is 129 cm³/mol. The van der Waals surface area contributed by atoms with Gasteiger partial charge in [0.25, 0.3) is 0 Å². The van der Waals surface area contributed by atoms with Gasteiger partial charge in [-0.2, -0.15) is 5.10 Å². The maximum atomic E-state index is 11.5. The number of aryl methyl sites for hydroxylation is 1. The number of hydrogen-bond acceptors (Lipinski definition) is 8. The van der Waals surface area contributed by atoms with Crippen LogP contribution in [-0.4, -0.2) is 57.5 Å². The molecule has 0 unspecified atom stereocenters. The van der Waals surface area contributed by atoms with Crippen LogP contribution in [0, 0.1) is 13.8 Å². The second-order valence-corrected chi connectivity index (χ2v) is 8.95.